The Balaban J connectivity index is 1.37. The maximum atomic E-state index is 13.6. The van der Waals surface area contributed by atoms with E-state index in [4.69, 9.17) is 4.99 Å². The predicted octanol–water partition coefficient (Wildman–Crippen LogP) is 3.79. The number of aliphatic imine (C=N–C) groups is 1. The lowest BCUT2D eigenvalue weighted by Crippen LogP contribution is -2.48. The van der Waals surface area contributed by atoms with Gasteiger partial charge in [-0.15, -0.1) is 0 Å². The summed E-state index contributed by atoms with van der Waals surface area (Å²) in [6.07, 6.45) is 4.07. The molecule has 1 aromatic heterocycles. The number of amides is 1. The van der Waals surface area contributed by atoms with Crippen LogP contribution in [-0.2, 0) is 30.5 Å². The normalized spacial score (nSPS) is 16.1. The second-order valence-corrected chi connectivity index (χ2v) is 10.7. The lowest BCUT2D eigenvalue weighted by atomic mass is 9.89. The van der Waals surface area contributed by atoms with Gasteiger partial charge in [0.15, 0.2) is 0 Å². The first-order valence-corrected chi connectivity index (χ1v) is 12.9. The average molecular weight is 505 g/mol. The number of H-pyrrole nitrogens is 1. The van der Waals surface area contributed by atoms with Crippen molar-refractivity contribution in [3.05, 3.63) is 87.1 Å². The summed E-state index contributed by atoms with van der Waals surface area (Å²) in [7, 11) is 0. The molecule has 0 atom stereocenters. The number of carbonyl (C=O) groups is 1. The second kappa shape index (κ2) is 10.1. The van der Waals surface area contributed by atoms with Gasteiger partial charge in [0.1, 0.15) is 17.3 Å². The van der Waals surface area contributed by atoms with Crippen LogP contribution in [0.2, 0.25) is 0 Å². The van der Waals surface area contributed by atoms with Gasteiger partial charge in [0.25, 0.3) is 11.5 Å². The van der Waals surface area contributed by atoms with Crippen molar-refractivity contribution >= 4 is 17.4 Å². The molecular formula is C29H33FN4O3. The van der Waals surface area contributed by atoms with E-state index in [9.17, 15) is 19.1 Å². The molecule has 7 nitrogen and oxygen atoms in total. The number of aliphatic hydroxyl groups is 1. The topological polar surface area (TPSA) is 90.7 Å². The van der Waals surface area contributed by atoms with Crippen LogP contribution < -0.4 is 5.56 Å². The number of piperidine rings is 1. The minimum atomic E-state index is -1.37. The van der Waals surface area contributed by atoms with Crippen LogP contribution in [0.3, 0.4) is 0 Å². The van der Waals surface area contributed by atoms with Gasteiger partial charge >= 0.3 is 0 Å². The predicted molar refractivity (Wildman–Crippen MR) is 141 cm³/mol. The quantitative estimate of drug-likeness (QED) is 0.535. The molecule has 2 aliphatic heterocycles. The monoisotopic (exact) mass is 504 g/mol. The van der Waals surface area contributed by atoms with E-state index in [0.29, 0.717) is 50.5 Å². The van der Waals surface area contributed by atoms with Crippen LogP contribution >= 0.6 is 0 Å². The Labute approximate surface area is 215 Å². The van der Waals surface area contributed by atoms with Crippen LogP contribution in [0, 0.1) is 11.7 Å². The van der Waals surface area contributed by atoms with Gasteiger partial charge in [0.05, 0.1) is 5.69 Å². The molecule has 2 aromatic carbocycles. The molecule has 0 radical (unpaired) electrons. The van der Waals surface area contributed by atoms with Crippen LogP contribution in [0.5, 0.6) is 0 Å². The first-order chi connectivity index (χ1) is 17.7. The first kappa shape index (κ1) is 25.1. The number of para-hydroxylation sites is 1. The van der Waals surface area contributed by atoms with Crippen LogP contribution in [-0.4, -0.2) is 50.2 Å². The Hall–Kier alpha value is -3.52. The van der Waals surface area contributed by atoms with E-state index in [1.807, 2.05) is 24.3 Å². The third-order valence-corrected chi connectivity index (χ3v) is 7.41. The molecule has 0 unspecified atom stereocenters. The molecule has 194 valence electrons. The fraction of sp³-hybridized carbons (Fsp3) is 0.414. The van der Waals surface area contributed by atoms with E-state index < -0.39 is 5.60 Å². The standard InChI is InChI=1S/C29H33FN4O3/c1-29(2,37)28(36)33-15-13-20(14-16-33)17-25-23(12-9-19-7-10-22(30)11-8-19)27(35)34(32-25)26-18-21-5-3-4-6-24(21)31-26/h3-8,10-11,20,32,37H,9,12-18H2,1-2H3. The van der Waals surface area contributed by atoms with Crippen molar-refractivity contribution in [3.63, 3.8) is 0 Å². The lowest BCUT2D eigenvalue weighted by Gasteiger charge is -2.35. The van der Waals surface area contributed by atoms with Crippen molar-refractivity contribution in [2.24, 2.45) is 10.9 Å². The summed E-state index contributed by atoms with van der Waals surface area (Å²) in [6, 6.07) is 14.3. The van der Waals surface area contributed by atoms with Crippen LogP contribution in [0.15, 0.2) is 58.3 Å². The molecule has 2 aliphatic rings. The van der Waals surface area contributed by atoms with Crippen LogP contribution in [0.25, 0.3) is 0 Å². The van der Waals surface area contributed by atoms with Crippen molar-refractivity contribution in [2.75, 3.05) is 13.1 Å². The summed E-state index contributed by atoms with van der Waals surface area (Å²) in [5.41, 5.74) is 3.13. The Morgan fingerprint density at radius 3 is 2.49 bits per heavy atom. The second-order valence-electron chi connectivity index (χ2n) is 10.7. The Bertz CT molecular complexity index is 1370. The van der Waals surface area contributed by atoms with Crippen LogP contribution in [0.4, 0.5) is 10.1 Å². The van der Waals surface area contributed by atoms with Crippen LogP contribution in [0.1, 0.15) is 49.1 Å². The van der Waals surface area contributed by atoms with Gasteiger partial charge in [0.2, 0.25) is 0 Å². The zero-order chi connectivity index (χ0) is 26.2. The Kier molecular flexibility index (Phi) is 6.86. The van der Waals surface area contributed by atoms with Gasteiger partial charge in [-0.25, -0.2) is 14.1 Å². The van der Waals surface area contributed by atoms with Gasteiger partial charge in [-0.1, -0.05) is 30.3 Å². The number of benzene rings is 2. The van der Waals surface area contributed by atoms with Crippen molar-refractivity contribution in [1.82, 2.24) is 14.7 Å². The molecule has 3 aromatic rings. The molecule has 8 heteroatoms. The SMILES string of the molecule is CC(C)(O)C(=O)N1CCC(Cc2[nH]n(C3=Nc4ccccc4C3)c(=O)c2CCc2ccc(F)cc2)CC1. The van der Waals surface area contributed by atoms with E-state index >= 15 is 0 Å². The van der Waals surface area contributed by atoms with Gasteiger partial charge in [-0.2, -0.15) is 0 Å². The average Bonchev–Trinajstić information content (AvgIpc) is 3.44. The Morgan fingerprint density at radius 2 is 1.81 bits per heavy atom. The van der Waals surface area contributed by atoms with Gasteiger partial charge in [-0.05, 0) is 81.2 Å². The van der Waals surface area contributed by atoms with E-state index in [1.165, 1.54) is 26.0 Å². The molecule has 37 heavy (non-hydrogen) atoms. The molecule has 0 bridgehead atoms. The third-order valence-electron chi connectivity index (χ3n) is 7.41. The molecule has 1 amide bonds. The molecule has 5 rings (SSSR count). The molecule has 0 spiro atoms. The van der Waals surface area contributed by atoms with Gasteiger partial charge < -0.3 is 10.0 Å². The highest BCUT2D eigenvalue weighted by Crippen LogP contribution is 2.27. The summed E-state index contributed by atoms with van der Waals surface area (Å²) >= 11 is 0. The van der Waals surface area contributed by atoms with E-state index in [-0.39, 0.29) is 17.3 Å². The fourth-order valence-electron chi connectivity index (χ4n) is 5.31. The zero-order valence-electron chi connectivity index (χ0n) is 21.3. The number of hydrogen-bond acceptors (Lipinski definition) is 4. The van der Waals surface area contributed by atoms with E-state index in [0.717, 1.165) is 40.9 Å². The maximum Gasteiger partial charge on any atom is 0.275 e. The number of likely N-dealkylation sites (tertiary alicyclic amines) is 1. The van der Waals surface area contributed by atoms with Crippen molar-refractivity contribution in [3.8, 4) is 0 Å². The molecule has 1 fully saturated rings. The smallest absolute Gasteiger partial charge is 0.275 e. The zero-order valence-corrected chi connectivity index (χ0v) is 21.3. The molecule has 2 N–H and O–H groups in total. The summed E-state index contributed by atoms with van der Waals surface area (Å²) < 4.78 is 14.9. The number of hydrogen-bond donors (Lipinski definition) is 2. The molecule has 0 aliphatic carbocycles. The Morgan fingerprint density at radius 1 is 1.11 bits per heavy atom. The summed E-state index contributed by atoms with van der Waals surface area (Å²) in [4.78, 5) is 32.5. The number of aromatic amines is 1. The molecule has 0 saturated carbocycles. The number of halogens is 1. The van der Waals surface area contributed by atoms with E-state index in [2.05, 4.69) is 5.10 Å². The highest BCUT2D eigenvalue weighted by molar-refractivity contribution is 5.93. The van der Waals surface area contributed by atoms with Gasteiger partial charge in [-0.3, -0.25) is 14.7 Å². The number of aromatic nitrogens is 2. The number of carbonyl (C=O) groups excluding carboxylic acids is 1. The fourth-order valence-corrected chi connectivity index (χ4v) is 5.31. The van der Waals surface area contributed by atoms with Crippen molar-refractivity contribution in [2.45, 2.75) is 58.0 Å². The summed E-state index contributed by atoms with van der Waals surface area (Å²) in [6.45, 7) is 4.22. The minimum absolute atomic E-state index is 0.0849. The number of aryl methyl sites for hydroxylation is 1. The number of rotatable bonds is 6. The summed E-state index contributed by atoms with van der Waals surface area (Å²) in [5, 5.41) is 13.5. The number of fused-ring (bicyclic) bond motifs is 1. The number of nitrogens with zero attached hydrogens (tertiary/aromatic N) is 3. The van der Waals surface area contributed by atoms with Crippen molar-refractivity contribution < 1.29 is 14.3 Å². The highest BCUT2D eigenvalue weighted by Gasteiger charge is 2.32. The van der Waals surface area contributed by atoms with Gasteiger partial charge in [0, 0.05) is 30.8 Å². The largest absolute Gasteiger partial charge is 0.381 e. The lowest BCUT2D eigenvalue weighted by molar-refractivity contribution is -0.149. The third kappa shape index (κ3) is 5.44. The molecule has 3 heterocycles. The van der Waals surface area contributed by atoms with Crippen molar-refractivity contribution in [1.29, 1.82) is 0 Å². The minimum Gasteiger partial charge on any atom is -0.381 e. The number of nitrogens with one attached hydrogen (secondary N) is 1. The van der Waals surface area contributed by atoms with E-state index in [1.54, 1.807) is 21.7 Å². The first-order valence-electron chi connectivity index (χ1n) is 12.9. The molecule has 1 saturated heterocycles. The summed E-state index contributed by atoms with van der Waals surface area (Å²) in [5.74, 6) is 0.474. The molecular weight excluding hydrogens is 471 g/mol. The maximum absolute atomic E-state index is 13.6. The highest BCUT2D eigenvalue weighted by atomic mass is 19.1.